The van der Waals surface area contributed by atoms with Crippen LogP contribution in [-0.4, -0.2) is 15.5 Å². The van der Waals surface area contributed by atoms with E-state index in [4.69, 9.17) is 9.72 Å². The molecular weight excluding hydrogens is 316 g/mol. The number of ether oxygens (including phenoxy) is 1. The van der Waals surface area contributed by atoms with Crippen LogP contribution in [0.5, 0.6) is 5.75 Å². The van der Waals surface area contributed by atoms with Crippen LogP contribution in [0.25, 0.3) is 5.65 Å². The second-order valence-electron chi connectivity index (χ2n) is 5.92. The standard InChI is InChI=1S/C16H21BrN2O/c1-11(2)20-15-8-16-18-14(10-19(16)9-13(15)17)12-6-4-3-5-7-12/h8-12H,3-7H2,1-2H3. The van der Waals surface area contributed by atoms with Gasteiger partial charge in [0.05, 0.1) is 16.3 Å². The lowest BCUT2D eigenvalue weighted by Gasteiger charge is -2.19. The number of fused-ring (bicyclic) bond motifs is 1. The molecule has 1 aliphatic carbocycles. The molecule has 108 valence electrons. The first-order valence-electron chi connectivity index (χ1n) is 7.48. The summed E-state index contributed by atoms with van der Waals surface area (Å²) in [6.45, 7) is 4.07. The van der Waals surface area contributed by atoms with Gasteiger partial charge in [-0.2, -0.15) is 0 Å². The van der Waals surface area contributed by atoms with E-state index in [1.807, 2.05) is 26.1 Å². The fourth-order valence-corrected chi connectivity index (χ4v) is 3.38. The van der Waals surface area contributed by atoms with Crippen molar-refractivity contribution in [1.82, 2.24) is 9.38 Å². The van der Waals surface area contributed by atoms with Crippen molar-refractivity contribution in [2.24, 2.45) is 0 Å². The lowest BCUT2D eigenvalue weighted by Crippen LogP contribution is -2.06. The Bertz CT molecular complexity index is 600. The van der Waals surface area contributed by atoms with Crippen molar-refractivity contribution in [1.29, 1.82) is 0 Å². The first-order valence-corrected chi connectivity index (χ1v) is 8.27. The number of rotatable bonds is 3. The topological polar surface area (TPSA) is 26.5 Å². The van der Waals surface area contributed by atoms with Crippen LogP contribution in [-0.2, 0) is 0 Å². The molecule has 0 amide bonds. The SMILES string of the molecule is CC(C)Oc1cc2nc(C3CCCCC3)cn2cc1Br. The number of aromatic nitrogens is 2. The molecule has 2 aromatic heterocycles. The van der Waals surface area contributed by atoms with Crippen LogP contribution in [0.15, 0.2) is 22.9 Å². The molecule has 2 aromatic rings. The van der Waals surface area contributed by atoms with E-state index < -0.39 is 0 Å². The molecule has 1 aliphatic rings. The van der Waals surface area contributed by atoms with E-state index in [0.29, 0.717) is 5.92 Å². The zero-order valence-corrected chi connectivity index (χ0v) is 13.7. The van der Waals surface area contributed by atoms with Gasteiger partial charge in [0.2, 0.25) is 0 Å². The van der Waals surface area contributed by atoms with Crippen LogP contribution in [0.2, 0.25) is 0 Å². The Labute approximate surface area is 128 Å². The maximum absolute atomic E-state index is 5.81. The van der Waals surface area contributed by atoms with E-state index in [1.165, 1.54) is 37.8 Å². The van der Waals surface area contributed by atoms with Gasteiger partial charge in [0.1, 0.15) is 11.4 Å². The van der Waals surface area contributed by atoms with Crippen molar-refractivity contribution in [2.45, 2.75) is 58.0 Å². The first kappa shape index (κ1) is 13.9. The van der Waals surface area contributed by atoms with Crippen molar-refractivity contribution < 1.29 is 4.74 Å². The highest BCUT2D eigenvalue weighted by Gasteiger charge is 2.19. The zero-order valence-electron chi connectivity index (χ0n) is 12.1. The van der Waals surface area contributed by atoms with E-state index in [2.05, 4.69) is 26.5 Å². The average Bonchev–Trinajstić information content (AvgIpc) is 2.82. The number of hydrogen-bond acceptors (Lipinski definition) is 2. The van der Waals surface area contributed by atoms with Gasteiger partial charge in [-0.05, 0) is 42.6 Å². The molecule has 20 heavy (non-hydrogen) atoms. The number of imidazole rings is 1. The molecule has 0 N–H and O–H groups in total. The molecule has 4 heteroatoms. The Balaban J connectivity index is 1.93. The van der Waals surface area contributed by atoms with Gasteiger partial charge >= 0.3 is 0 Å². The van der Waals surface area contributed by atoms with E-state index in [9.17, 15) is 0 Å². The van der Waals surface area contributed by atoms with Crippen LogP contribution in [0, 0.1) is 0 Å². The van der Waals surface area contributed by atoms with Crippen molar-refractivity contribution in [3.05, 3.63) is 28.6 Å². The molecule has 0 spiro atoms. The summed E-state index contributed by atoms with van der Waals surface area (Å²) < 4.78 is 8.88. The molecule has 0 aliphatic heterocycles. The number of pyridine rings is 1. The first-order chi connectivity index (χ1) is 9.63. The third-order valence-electron chi connectivity index (χ3n) is 3.91. The summed E-state index contributed by atoms with van der Waals surface area (Å²) in [6, 6.07) is 2.02. The zero-order chi connectivity index (χ0) is 14.1. The summed E-state index contributed by atoms with van der Waals surface area (Å²) in [6.07, 6.45) is 11.0. The quantitative estimate of drug-likeness (QED) is 0.794. The summed E-state index contributed by atoms with van der Waals surface area (Å²) in [5.74, 6) is 1.50. The smallest absolute Gasteiger partial charge is 0.140 e. The Hall–Kier alpha value is -1.03. The highest BCUT2D eigenvalue weighted by Crippen LogP contribution is 2.33. The molecule has 0 aromatic carbocycles. The van der Waals surface area contributed by atoms with Crippen molar-refractivity contribution in [3.8, 4) is 5.75 Å². The van der Waals surface area contributed by atoms with Crippen LogP contribution in [0.4, 0.5) is 0 Å². The summed E-state index contributed by atoms with van der Waals surface area (Å²) in [7, 11) is 0. The minimum absolute atomic E-state index is 0.168. The van der Waals surface area contributed by atoms with E-state index >= 15 is 0 Å². The Morgan fingerprint density at radius 3 is 2.70 bits per heavy atom. The van der Waals surface area contributed by atoms with E-state index in [1.54, 1.807) is 0 Å². The molecule has 0 unspecified atom stereocenters. The van der Waals surface area contributed by atoms with Crippen molar-refractivity contribution in [3.63, 3.8) is 0 Å². The summed E-state index contributed by atoms with van der Waals surface area (Å²) in [5, 5.41) is 0. The minimum Gasteiger partial charge on any atom is -0.490 e. The van der Waals surface area contributed by atoms with Crippen LogP contribution in [0.3, 0.4) is 0 Å². The molecule has 3 nitrogen and oxygen atoms in total. The second kappa shape index (κ2) is 5.76. The largest absolute Gasteiger partial charge is 0.490 e. The van der Waals surface area contributed by atoms with Crippen LogP contribution >= 0.6 is 15.9 Å². The van der Waals surface area contributed by atoms with Gasteiger partial charge in [-0.3, -0.25) is 0 Å². The third-order valence-corrected chi connectivity index (χ3v) is 4.51. The van der Waals surface area contributed by atoms with Crippen LogP contribution < -0.4 is 4.74 Å². The van der Waals surface area contributed by atoms with Gasteiger partial charge < -0.3 is 9.14 Å². The Kier molecular flexibility index (Phi) is 4.01. The van der Waals surface area contributed by atoms with Gasteiger partial charge in [0.15, 0.2) is 0 Å². The monoisotopic (exact) mass is 336 g/mol. The van der Waals surface area contributed by atoms with Crippen molar-refractivity contribution >= 4 is 21.6 Å². The Morgan fingerprint density at radius 2 is 2.00 bits per heavy atom. The lowest BCUT2D eigenvalue weighted by molar-refractivity contribution is 0.241. The maximum atomic E-state index is 5.81. The van der Waals surface area contributed by atoms with Gasteiger partial charge in [-0.1, -0.05) is 19.3 Å². The maximum Gasteiger partial charge on any atom is 0.140 e. The molecule has 0 bridgehead atoms. The number of nitrogens with zero attached hydrogens (tertiary/aromatic N) is 2. The lowest BCUT2D eigenvalue weighted by atomic mass is 9.87. The molecule has 1 fully saturated rings. The fraction of sp³-hybridized carbons (Fsp3) is 0.562. The van der Waals surface area contributed by atoms with E-state index in [-0.39, 0.29) is 6.10 Å². The Morgan fingerprint density at radius 1 is 1.25 bits per heavy atom. The molecule has 0 radical (unpaired) electrons. The highest BCUT2D eigenvalue weighted by atomic mass is 79.9. The fourth-order valence-electron chi connectivity index (χ4n) is 2.95. The van der Waals surface area contributed by atoms with Crippen molar-refractivity contribution in [2.75, 3.05) is 0 Å². The molecular formula is C16H21BrN2O. The minimum atomic E-state index is 0.168. The summed E-state index contributed by atoms with van der Waals surface area (Å²) in [5.41, 5.74) is 2.21. The molecule has 2 heterocycles. The van der Waals surface area contributed by atoms with Crippen LogP contribution in [0.1, 0.15) is 57.6 Å². The van der Waals surface area contributed by atoms with Gasteiger partial charge in [-0.25, -0.2) is 4.98 Å². The number of hydrogen-bond donors (Lipinski definition) is 0. The normalized spacial score (nSPS) is 17.0. The highest BCUT2D eigenvalue weighted by molar-refractivity contribution is 9.10. The second-order valence-corrected chi connectivity index (χ2v) is 6.77. The molecule has 1 saturated carbocycles. The summed E-state index contributed by atoms with van der Waals surface area (Å²) in [4.78, 5) is 4.81. The third kappa shape index (κ3) is 2.85. The van der Waals surface area contributed by atoms with Gasteiger partial charge in [0.25, 0.3) is 0 Å². The van der Waals surface area contributed by atoms with Gasteiger partial charge in [-0.15, -0.1) is 0 Å². The average molecular weight is 337 g/mol. The van der Waals surface area contributed by atoms with Gasteiger partial charge in [0, 0.05) is 24.4 Å². The molecule has 0 saturated heterocycles. The van der Waals surface area contributed by atoms with E-state index in [0.717, 1.165) is 15.9 Å². The number of halogens is 1. The summed E-state index contributed by atoms with van der Waals surface area (Å²) >= 11 is 3.58. The predicted octanol–water partition coefficient (Wildman–Crippen LogP) is 4.93. The predicted molar refractivity (Wildman–Crippen MR) is 84.5 cm³/mol. The molecule has 3 rings (SSSR count). The molecule has 0 atom stereocenters.